The average Bonchev–Trinajstić information content (AvgIpc) is 3.36. The molecule has 0 N–H and O–H groups in total. The summed E-state index contributed by atoms with van der Waals surface area (Å²) in [5, 5.41) is 0. The van der Waals surface area contributed by atoms with Crippen molar-refractivity contribution in [2.24, 2.45) is 0 Å². The molecule has 0 aromatic rings. The lowest BCUT2D eigenvalue weighted by atomic mass is 10.1. The van der Waals surface area contributed by atoms with E-state index in [0.29, 0.717) is 19.3 Å². The number of rotatable bonds is 51. The quantitative estimate of drug-likeness (QED) is 0.0262. The van der Waals surface area contributed by atoms with Crippen molar-refractivity contribution in [3.63, 3.8) is 0 Å². The molecule has 6 heteroatoms. The van der Waals surface area contributed by atoms with Crippen LogP contribution in [0.2, 0.25) is 0 Å². The molecular formula is C64H106O6. The predicted octanol–water partition coefficient (Wildman–Crippen LogP) is 19.5. The van der Waals surface area contributed by atoms with E-state index >= 15 is 0 Å². The molecule has 0 aromatic carbocycles. The van der Waals surface area contributed by atoms with Crippen LogP contribution < -0.4 is 0 Å². The van der Waals surface area contributed by atoms with Crippen molar-refractivity contribution in [1.82, 2.24) is 0 Å². The molecule has 0 bridgehead atoms. The van der Waals surface area contributed by atoms with Gasteiger partial charge in [0.15, 0.2) is 6.10 Å². The van der Waals surface area contributed by atoms with Crippen molar-refractivity contribution in [1.29, 1.82) is 0 Å². The largest absolute Gasteiger partial charge is 0.462 e. The van der Waals surface area contributed by atoms with Crippen LogP contribution in [0.25, 0.3) is 0 Å². The van der Waals surface area contributed by atoms with Gasteiger partial charge in [-0.1, -0.05) is 226 Å². The normalized spacial score (nSPS) is 12.9. The highest BCUT2D eigenvalue weighted by Crippen LogP contribution is 2.14. The molecule has 0 rings (SSSR count). The van der Waals surface area contributed by atoms with Crippen molar-refractivity contribution in [2.45, 2.75) is 264 Å². The summed E-state index contributed by atoms with van der Waals surface area (Å²) in [6.07, 6.45) is 77.9. The molecule has 0 heterocycles. The van der Waals surface area contributed by atoms with Gasteiger partial charge in [-0.3, -0.25) is 14.4 Å². The minimum Gasteiger partial charge on any atom is -0.462 e. The molecule has 1 atom stereocenters. The number of hydrogen-bond acceptors (Lipinski definition) is 6. The summed E-state index contributed by atoms with van der Waals surface area (Å²) in [6.45, 7) is 6.37. The van der Waals surface area contributed by atoms with Crippen molar-refractivity contribution in [3.05, 3.63) is 109 Å². The fourth-order valence-corrected chi connectivity index (χ4v) is 7.71. The van der Waals surface area contributed by atoms with E-state index in [1.165, 1.54) is 83.5 Å². The van der Waals surface area contributed by atoms with E-state index in [2.05, 4.69) is 130 Å². The van der Waals surface area contributed by atoms with Crippen LogP contribution in [0.15, 0.2) is 109 Å². The zero-order valence-corrected chi connectivity index (χ0v) is 45.5. The highest BCUT2D eigenvalue weighted by molar-refractivity contribution is 5.71. The van der Waals surface area contributed by atoms with E-state index in [-0.39, 0.29) is 31.1 Å². The van der Waals surface area contributed by atoms with Gasteiger partial charge in [-0.05, 0) is 122 Å². The van der Waals surface area contributed by atoms with Crippen LogP contribution in [0.5, 0.6) is 0 Å². The summed E-state index contributed by atoms with van der Waals surface area (Å²) < 4.78 is 16.8. The van der Waals surface area contributed by atoms with Crippen LogP contribution in [-0.2, 0) is 28.6 Å². The Kier molecular flexibility index (Phi) is 54.4. The van der Waals surface area contributed by atoms with E-state index in [1.54, 1.807) is 0 Å². The van der Waals surface area contributed by atoms with E-state index in [0.717, 1.165) is 135 Å². The summed E-state index contributed by atoms with van der Waals surface area (Å²) in [4.78, 5) is 38.2. The Labute approximate surface area is 431 Å². The number of hydrogen-bond donors (Lipinski definition) is 0. The molecular weight excluding hydrogens is 865 g/mol. The summed E-state index contributed by atoms with van der Waals surface area (Å²) in [7, 11) is 0. The van der Waals surface area contributed by atoms with Crippen LogP contribution in [0.4, 0.5) is 0 Å². The Balaban J connectivity index is 4.47. The lowest BCUT2D eigenvalue weighted by Crippen LogP contribution is -2.30. The van der Waals surface area contributed by atoms with Crippen molar-refractivity contribution in [3.8, 4) is 0 Å². The standard InChI is InChI=1S/C64H106O6/c1-4-7-10-13-16-19-22-25-28-30-32-34-36-39-42-45-48-51-54-57-63(66)69-60-61(59-68-62(65)56-53-50-47-44-41-38-27-24-21-18-15-12-9-6-3)70-64(67)58-55-52-49-46-43-40-37-35-33-31-29-26-23-20-17-14-11-8-5-2/h7-8,10-11,16-17,19-20,25-26,28-29,32,34,38-39,41-42,61H,4-6,9,12-15,18,21-24,27,30-31,33,35-37,40,43-60H2,1-3H3/b10-7-,11-8-,19-16-,20-17-,28-25-,29-26-,34-32-,41-38-,42-39-. The summed E-state index contributed by atoms with van der Waals surface area (Å²) in [6, 6.07) is 0. The Morgan fingerprint density at radius 3 is 0.900 bits per heavy atom. The number of esters is 3. The van der Waals surface area contributed by atoms with Gasteiger partial charge < -0.3 is 14.2 Å². The van der Waals surface area contributed by atoms with Crippen LogP contribution in [0.3, 0.4) is 0 Å². The molecule has 0 amide bonds. The molecule has 0 spiro atoms. The molecule has 1 unspecified atom stereocenters. The Morgan fingerprint density at radius 2 is 0.557 bits per heavy atom. The SMILES string of the molecule is CC/C=C\C/C=C\C/C=C\C/C=C\C/C=C\CCCCCC(=O)OCC(COC(=O)CCCCC/C=C\CCCCCCCCC)OC(=O)CCCCCCCCCCC/C=C\C/C=C\C/C=C\CC. The first-order valence-corrected chi connectivity index (χ1v) is 28.9. The van der Waals surface area contributed by atoms with Crippen molar-refractivity contribution in [2.75, 3.05) is 13.2 Å². The second-order valence-electron chi connectivity index (χ2n) is 18.8. The molecule has 0 fully saturated rings. The number of carbonyl (C=O) groups excluding carboxylic acids is 3. The third-order valence-electron chi connectivity index (χ3n) is 12.0. The number of allylic oxidation sites excluding steroid dienone is 18. The fraction of sp³-hybridized carbons (Fsp3) is 0.672. The van der Waals surface area contributed by atoms with E-state index in [1.807, 2.05) is 0 Å². The monoisotopic (exact) mass is 971 g/mol. The molecule has 6 nitrogen and oxygen atoms in total. The zero-order valence-electron chi connectivity index (χ0n) is 45.5. The molecule has 0 saturated heterocycles. The topological polar surface area (TPSA) is 78.9 Å². The van der Waals surface area contributed by atoms with E-state index in [4.69, 9.17) is 14.2 Å². The van der Waals surface area contributed by atoms with E-state index < -0.39 is 6.10 Å². The van der Waals surface area contributed by atoms with Crippen LogP contribution in [-0.4, -0.2) is 37.2 Å². The van der Waals surface area contributed by atoms with Crippen LogP contribution in [0, 0.1) is 0 Å². The van der Waals surface area contributed by atoms with Crippen LogP contribution in [0.1, 0.15) is 258 Å². The van der Waals surface area contributed by atoms with Gasteiger partial charge in [0.2, 0.25) is 0 Å². The summed E-state index contributed by atoms with van der Waals surface area (Å²) >= 11 is 0. The molecule has 398 valence electrons. The van der Waals surface area contributed by atoms with Gasteiger partial charge >= 0.3 is 17.9 Å². The second-order valence-corrected chi connectivity index (χ2v) is 18.8. The summed E-state index contributed by atoms with van der Waals surface area (Å²) in [5.41, 5.74) is 0. The average molecular weight is 972 g/mol. The number of unbranched alkanes of at least 4 members (excludes halogenated alkanes) is 22. The number of carbonyl (C=O) groups is 3. The van der Waals surface area contributed by atoms with Gasteiger partial charge in [0.05, 0.1) is 0 Å². The van der Waals surface area contributed by atoms with Crippen molar-refractivity contribution < 1.29 is 28.6 Å². The highest BCUT2D eigenvalue weighted by Gasteiger charge is 2.19. The van der Waals surface area contributed by atoms with Crippen LogP contribution >= 0.6 is 0 Å². The van der Waals surface area contributed by atoms with E-state index in [9.17, 15) is 14.4 Å². The molecule has 0 aromatic heterocycles. The third kappa shape index (κ3) is 55.0. The molecule has 0 aliphatic rings. The van der Waals surface area contributed by atoms with Gasteiger partial charge in [0.1, 0.15) is 13.2 Å². The lowest BCUT2D eigenvalue weighted by Gasteiger charge is -2.18. The van der Waals surface area contributed by atoms with Gasteiger partial charge in [0, 0.05) is 19.3 Å². The number of ether oxygens (including phenoxy) is 3. The summed E-state index contributed by atoms with van der Waals surface area (Å²) in [5.74, 6) is -0.951. The zero-order chi connectivity index (χ0) is 50.7. The fourth-order valence-electron chi connectivity index (χ4n) is 7.71. The molecule has 0 aliphatic heterocycles. The molecule has 0 aliphatic carbocycles. The maximum atomic E-state index is 12.9. The minimum absolute atomic E-state index is 0.0999. The van der Waals surface area contributed by atoms with Gasteiger partial charge in [0.25, 0.3) is 0 Å². The first-order chi connectivity index (χ1) is 34.5. The lowest BCUT2D eigenvalue weighted by molar-refractivity contribution is -0.167. The second kappa shape index (κ2) is 57.6. The molecule has 0 radical (unpaired) electrons. The van der Waals surface area contributed by atoms with Gasteiger partial charge in [-0.15, -0.1) is 0 Å². The van der Waals surface area contributed by atoms with Gasteiger partial charge in [-0.25, -0.2) is 0 Å². The Bertz CT molecular complexity index is 1440. The maximum absolute atomic E-state index is 12.9. The predicted molar refractivity (Wildman–Crippen MR) is 302 cm³/mol. The first-order valence-electron chi connectivity index (χ1n) is 28.9. The Morgan fingerprint density at radius 1 is 0.300 bits per heavy atom. The van der Waals surface area contributed by atoms with Crippen molar-refractivity contribution >= 4 is 17.9 Å². The smallest absolute Gasteiger partial charge is 0.306 e. The molecule has 0 saturated carbocycles. The maximum Gasteiger partial charge on any atom is 0.306 e. The minimum atomic E-state index is -0.803. The first kappa shape index (κ1) is 66.1. The molecule has 70 heavy (non-hydrogen) atoms. The highest BCUT2D eigenvalue weighted by atomic mass is 16.6. The van der Waals surface area contributed by atoms with Gasteiger partial charge in [-0.2, -0.15) is 0 Å². The Hall–Kier alpha value is -3.93. The third-order valence-corrected chi connectivity index (χ3v) is 12.0.